The fourth-order valence-corrected chi connectivity index (χ4v) is 4.67. The van der Waals surface area contributed by atoms with Gasteiger partial charge in [-0.15, -0.1) is 0 Å². The van der Waals surface area contributed by atoms with E-state index in [9.17, 15) is 0 Å². The van der Waals surface area contributed by atoms with Gasteiger partial charge in [0.05, 0.1) is 22.8 Å². The first-order valence-corrected chi connectivity index (χ1v) is 12.6. The van der Waals surface area contributed by atoms with Gasteiger partial charge in [0.15, 0.2) is 0 Å². The Morgan fingerprint density at radius 3 is 1.03 bits per heavy atom. The van der Waals surface area contributed by atoms with Crippen molar-refractivity contribution >= 4 is 22.8 Å². The van der Waals surface area contributed by atoms with Crippen LogP contribution in [0, 0.1) is 0 Å². The van der Waals surface area contributed by atoms with Gasteiger partial charge in [0.2, 0.25) is 0 Å². The molecule has 0 atom stereocenters. The molecule has 0 aromatic heterocycles. The number of benzene rings is 2. The van der Waals surface area contributed by atoms with E-state index >= 15 is 0 Å². The van der Waals surface area contributed by atoms with Gasteiger partial charge in [-0.3, -0.25) is 9.98 Å². The minimum Gasteiger partial charge on any atom is -0.251 e. The molecule has 0 spiro atoms. The van der Waals surface area contributed by atoms with E-state index in [1.54, 1.807) is 0 Å². The van der Waals surface area contributed by atoms with Gasteiger partial charge in [0.25, 0.3) is 0 Å². The van der Waals surface area contributed by atoms with Crippen LogP contribution in [0.3, 0.4) is 0 Å². The van der Waals surface area contributed by atoms with E-state index in [4.69, 9.17) is 9.98 Å². The van der Waals surface area contributed by atoms with Crippen LogP contribution in [0.25, 0.3) is 0 Å². The number of rotatable bonds is 6. The molecule has 0 bridgehead atoms. The van der Waals surface area contributed by atoms with Gasteiger partial charge in [-0.05, 0) is 71.6 Å². The van der Waals surface area contributed by atoms with Crippen LogP contribution in [0.15, 0.2) is 46.4 Å². The van der Waals surface area contributed by atoms with Crippen molar-refractivity contribution in [2.75, 3.05) is 0 Å². The van der Waals surface area contributed by atoms with Crippen LogP contribution in [0.1, 0.15) is 127 Å². The van der Waals surface area contributed by atoms with Gasteiger partial charge < -0.3 is 0 Å². The van der Waals surface area contributed by atoms with Gasteiger partial charge in [0, 0.05) is 0 Å². The molecule has 1 aliphatic rings. The Morgan fingerprint density at radius 2 is 0.781 bits per heavy atom. The van der Waals surface area contributed by atoms with Gasteiger partial charge in [-0.1, -0.05) is 91.8 Å². The predicted octanol–water partition coefficient (Wildman–Crippen LogP) is 9.60. The molecule has 1 saturated carbocycles. The molecule has 3 rings (SSSR count). The van der Waals surface area contributed by atoms with Crippen molar-refractivity contribution in [3.8, 4) is 0 Å². The summed E-state index contributed by atoms with van der Waals surface area (Å²) in [5.74, 6) is 1.80. The molecule has 1 fully saturated rings. The van der Waals surface area contributed by atoms with E-state index < -0.39 is 0 Å². The largest absolute Gasteiger partial charge is 0.251 e. The summed E-state index contributed by atoms with van der Waals surface area (Å²) in [5, 5.41) is 0. The van der Waals surface area contributed by atoms with Crippen LogP contribution in [-0.2, 0) is 0 Å². The molecule has 0 saturated heterocycles. The summed E-state index contributed by atoms with van der Waals surface area (Å²) < 4.78 is 0. The lowest BCUT2D eigenvalue weighted by molar-refractivity contribution is 0.774. The van der Waals surface area contributed by atoms with Crippen LogP contribution in [0.2, 0.25) is 0 Å². The Bertz CT molecular complexity index is 856. The smallest absolute Gasteiger partial charge is 0.0702 e. The van der Waals surface area contributed by atoms with Crippen LogP contribution >= 0.6 is 0 Å². The van der Waals surface area contributed by atoms with Crippen molar-refractivity contribution in [1.29, 1.82) is 0 Å². The predicted molar refractivity (Wildman–Crippen MR) is 142 cm³/mol. The Kier molecular flexibility index (Phi) is 8.09. The topological polar surface area (TPSA) is 24.7 Å². The molecule has 0 N–H and O–H groups in total. The van der Waals surface area contributed by atoms with Crippen molar-refractivity contribution in [3.05, 3.63) is 58.7 Å². The van der Waals surface area contributed by atoms with E-state index in [-0.39, 0.29) is 0 Å². The van der Waals surface area contributed by atoms with Crippen LogP contribution < -0.4 is 0 Å². The molecule has 32 heavy (non-hydrogen) atoms. The lowest BCUT2D eigenvalue weighted by Gasteiger charge is -2.22. The average Bonchev–Trinajstić information content (AvgIpc) is 2.74. The minimum atomic E-state index is 0.450. The average molecular weight is 431 g/mol. The van der Waals surface area contributed by atoms with Crippen molar-refractivity contribution in [1.82, 2.24) is 0 Å². The molecule has 0 unspecified atom stereocenters. The third-order valence-electron chi connectivity index (χ3n) is 6.59. The maximum atomic E-state index is 5.37. The molecule has 0 radical (unpaired) electrons. The summed E-state index contributed by atoms with van der Waals surface area (Å²) >= 11 is 0. The van der Waals surface area contributed by atoms with Crippen molar-refractivity contribution in [3.63, 3.8) is 0 Å². The molecular weight excluding hydrogens is 388 g/mol. The van der Waals surface area contributed by atoms with Crippen LogP contribution in [-0.4, -0.2) is 11.4 Å². The Labute approximate surface area is 196 Å². The molecule has 2 aromatic rings. The zero-order valence-corrected chi connectivity index (χ0v) is 21.5. The van der Waals surface area contributed by atoms with E-state index in [1.165, 1.54) is 57.9 Å². The number of hydrogen-bond acceptors (Lipinski definition) is 2. The second-order valence-corrected chi connectivity index (χ2v) is 10.5. The molecule has 2 heteroatoms. The maximum absolute atomic E-state index is 5.37. The lowest BCUT2D eigenvalue weighted by atomic mass is 9.90. The summed E-state index contributed by atoms with van der Waals surface area (Å²) in [6.45, 7) is 18.2. The highest BCUT2D eigenvalue weighted by molar-refractivity contribution is 6.43. The number of aliphatic imine (C=N–C) groups is 2. The van der Waals surface area contributed by atoms with Gasteiger partial charge in [0.1, 0.15) is 0 Å². The third kappa shape index (κ3) is 5.39. The van der Waals surface area contributed by atoms with Gasteiger partial charge >= 0.3 is 0 Å². The van der Waals surface area contributed by atoms with E-state index in [0.717, 1.165) is 12.8 Å². The third-order valence-corrected chi connectivity index (χ3v) is 6.59. The van der Waals surface area contributed by atoms with E-state index in [2.05, 4.69) is 91.8 Å². The molecule has 1 aliphatic carbocycles. The van der Waals surface area contributed by atoms with Crippen molar-refractivity contribution in [2.24, 2.45) is 9.98 Å². The zero-order chi connectivity index (χ0) is 23.4. The Balaban J connectivity index is 2.20. The summed E-state index contributed by atoms with van der Waals surface area (Å²) in [6, 6.07) is 13.4. The SMILES string of the molecule is CC(C)c1cccc(C(C)C)c1N=C1CCCCC1=Nc1c(C(C)C)cccc1C(C)C. The first-order chi connectivity index (χ1) is 15.2. The molecule has 0 heterocycles. The highest BCUT2D eigenvalue weighted by Crippen LogP contribution is 2.38. The van der Waals surface area contributed by atoms with Crippen molar-refractivity contribution in [2.45, 2.75) is 105 Å². The standard InChI is InChI=1S/C30H42N2/c1-19(2)23-13-11-14-24(20(3)4)29(23)31-27-17-9-10-18-28(27)32-30-25(21(5)6)15-12-16-26(30)22(7)8/h11-16,19-22H,9-10,17-18H2,1-8H3. The Morgan fingerprint density at radius 1 is 0.500 bits per heavy atom. The normalized spacial score (nSPS) is 17.5. The summed E-state index contributed by atoms with van der Waals surface area (Å²) in [5.41, 5.74) is 10.1. The first-order valence-electron chi connectivity index (χ1n) is 12.6. The summed E-state index contributed by atoms with van der Waals surface area (Å²) in [7, 11) is 0. The molecule has 0 amide bonds. The Hall–Kier alpha value is -2.22. The fourth-order valence-electron chi connectivity index (χ4n) is 4.67. The monoisotopic (exact) mass is 430 g/mol. The molecule has 172 valence electrons. The number of para-hydroxylation sites is 2. The van der Waals surface area contributed by atoms with E-state index in [0.29, 0.717) is 23.7 Å². The molecule has 2 aromatic carbocycles. The molecule has 0 aliphatic heterocycles. The minimum absolute atomic E-state index is 0.450. The van der Waals surface area contributed by atoms with Gasteiger partial charge in [-0.2, -0.15) is 0 Å². The van der Waals surface area contributed by atoms with Crippen molar-refractivity contribution < 1.29 is 0 Å². The van der Waals surface area contributed by atoms with Gasteiger partial charge in [-0.25, -0.2) is 0 Å². The van der Waals surface area contributed by atoms with E-state index in [1.807, 2.05) is 0 Å². The lowest BCUT2D eigenvalue weighted by Crippen LogP contribution is -2.19. The number of hydrogen-bond donors (Lipinski definition) is 0. The second kappa shape index (κ2) is 10.6. The molecular formula is C30H42N2. The molecule has 2 nitrogen and oxygen atoms in total. The quantitative estimate of drug-likeness (QED) is 0.436. The second-order valence-electron chi connectivity index (χ2n) is 10.5. The van der Waals surface area contributed by atoms with Crippen LogP contribution in [0.5, 0.6) is 0 Å². The number of nitrogens with zero attached hydrogens (tertiary/aromatic N) is 2. The first kappa shape index (κ1) is 24.4. The van der Waals surface area contributed by atoms with Crippen LogP contribution in [0.4, 0.5) is 11.4 Å². The summed E-state index contributed by atoms with van der Waals surface area (Å²) in [6.07, 6.45) is 4.43. The summed E-state index contributed by atoms with van der Waals surface area (Å²) in [4.78, 5) is 10.7. The highest BCUT2D eigenvalue weighted by Gasteiger charge is 2.21. The maximum Gasteiger partial charge on any atom is 0.0702 e. The highest BCUT2D eigenvalue weighted by atomic mass is 14.8. The fraction of sp³-hybridized carbons (Fsp3) is 0.533. The zero-order valence-electron chi connectivity index (χ0n) is 21.5.